The topological polar surface area (TPSA) is 72.3 Å². The van der Waals surface area contributed by atoms with Crippen LogP contribution in [0.15, 0.2) is 0 Å². The highest BCUT2D eigenvalue weighted by atomic mass is 16.5. The van der Waals surface area contributed by atoms with E-state index in [1.165, 1.54) is 7.11 Å². The van der Waals surface area contributed by atoms with E-state index < -0.39 is 5.97 Å². The minimum atomic E-state index is -0.518. The number of nitrogens with zero attached hydrogens (tertiary/aromatic N) is 4. The Balaban J connectivity index is 2.99. The Morgan fingerprint density at radius 2 is 2.12 bits per heavy atom. The number of rotatable bonds is 1. The van der Waals surface area contributed by atoms with Crippen LogP contribution in [0.5, 0.6) is 0 Å². The summed E-state index contributed by atoms with van der Waals surface area (Å²) >= 11 is 0. The Morgan fingerprint density at radius 1 is 1.47 bits per heavy atom. The smallest absolute Gasteiger partial charge is 0.343 e. The molecule has 0 bridgehead atoms. The molecule has 0 aliphatic heterocycles. The van der Waals surface area contributed by atoms with Gasteiger partial charge in [-0.2, -0.15) is 10.4 Å². The first-order valence-corrected chi connectivity index (χ1v) is 5.06. The van der Waals surface area contributed by atoms with Gasteiger partial charge in [0.1, 0.15) is 17.5 Å². The Morgan fingerprint density at radius 3 is 2.65 bits per heavy atom. The highest BCUT2D eigenvalue weighted by Crippen LogP contribution is 2.24. The van der Waals surface area contributed by atoms with Gasteiger partial charge in [-0.3, -0.25) is 4.40 Å². The van der Waals surface area contributed by atoms with Gasteiger partial charge >= 0.3 is 5.97 Å². The number of aryl methyl sites for hydroxylation is 3. The van der Waals surface area contributed by atoms with Crippen molar-refractivity contribution in [2.75, 3.05) is 7.11 Å². The number of carbonyl (C=O) groups is 1. The number of carbonyl (C=O) groups excluding carboxylic acids is 1. The molecule has 6 heteroatoms. The van der Waals surface area contributed by atoms with Crippen molar-refractivity contribution < 1.29 is 9.53 Å². The highest BCUT2D eigenvalue weighted by Gasteiger charge is 2.25. The molecule has 2 rings (SSSR count). The van der Waals surface area contributed by atoms with Gasteiger partial charge in [0.15, 0.2) is 5.65 Å². The molecule has 0 atom stereocenters. The SMILES string of the molecule is COC(=O)c1c(C#N)c(C)n2c(C)nn(C)c12. The van der Waals surface area contributed by atoms with Crippen LogP contribution in [-0.4, -0.2) is 27.3 Å². The fraction of sp³-hybridized carbons (Fsp3) is 0.364. The first kappa shape index (κ1) is 11.2. The molecule has 2 aromatic heterocycles. The molecule has 0 fully saturated rings. The molecule has 88 valence electrons. The fourth-order valence-electron chi connectivity index (χ4n) is 2.12. The number of nitriles is 1. The van der Waals surface area contributed by atoms with Crippen molar-refractivity contribution in [3.05, 3.63) is 22.6 Å². The molecular formula is C11H12N4O2. The van der Waals surface area contributed by atoms with E-state index in [4.69, 9.17) is 10.00 Å². The number of fused-ring (bicyclic) bond motifs is 1. The monoisotopic (exact) mass is 232 g/mol. The van der Waals surface area contributed by atoms with E-state index in [2.05, 4.69) is 5.10 Å². The van der Waals surface area contributed by atoms with Gasteiger partial charge in [0, 0.05) is 12.7 Å². The van der Waals surface area contributed by atoms with E-state index in [0.717, 1.165) is 5.82 Å². The fourth-order valence-corrected chi connectivity index (χ4v) is 2.12. The Bertz CT molecular complexity index is 657. The first-order chi connectivity index (χ1) is 8.02. The zero-order valence-electron chi connectivity index (χ0n) is 10.1. The standard InChI is InChI=1S/C11H12N4O2/c1-6-8(5-12)9(11(16)17-4)10-14(3)13-7(2)15(6)10/h1-4H3. The Hall–Kier alpha value is -2.29. The summed E-state index contributed by atoms with van der Waals surface area (Å²) in [5.74, 6) is 0.210. The van der Waals surface area contributed by atoms with E-state index in [1.54, 1.807) is 23.1 Å². The zero-order chi connectivity index (χ0) is 12.7. The van der Waals surface area contributed by atoms with Crippen molar-refractivity contribution in [1.82, 2.24) is 14.2 Å². The Kier molecular flexibility index (Phi) is 2.39. The summed E-state index contributed by atoms with van der Waals surface area (Å²) in [7, 11) is 3.03. The molecule has 0 unspecified atom stereocenters. The molecule has 17 heavy (non-hydrogen) atoms. The summed E-state index contributed by atoms with van der Waals surface area (Å²) in [4.78, 5) is 11.8. The van der Waals surface area contributed by atoms with Crippen LogP contribution in [0.4, 0.5) is 0 Å². The van der Waals surface area contributed by atoms with Gasteiger partial charge in [-0.05, 0) is 13.8 Å². The lowest BCUT2D eigenvalue weighted by Gasteiger charge is -1.98. The van der Waals surface area contributed by atoms with Gasteiger partial charge < -0.3 is 4.74 Å². The maximum absolute atomic E-state index is 11.8. The summed E-state index contributed by atoms with van der Waals surface area (Å²) < 4.78 is 8.08. The van der Waals surface area contributed by atoms with E-state index in [9.17, 15) is 4.79 Å². The molecule has 0 aliphatic carbocycles. The molecule has 0 aromatic carbocycles. The van der Waals surface area contributed by atoms with Crippen LogP contribution in [-0.2, 0) is 11.8 Å². The van der Waals surface area contributed by atoms with Gasteiger partial charge in [-0.1, -0.05) is 0 Å². The number of hydrogen-bond donors (Lipinski definition) is 0. The third-order valence-corrected chi connectivity index (χ3v) is 2.81. The average Bonchev–Trinajstić information content (AvgIpc) is 2.75. The van der Waals surface area contributed by atoms with Crippen molar-refractivity contribution in [3.8, 4) is 6.07 Å². The van der Waals surface area contributed by atoms with E-state index in [1.807, 2.05) is 13.0 Å². The Labute approximate surface area is 98.0 Å². The quantitative estimate of drug-likeness (QED) is 0.686. The summed E-state index contributed by atoms with van der Waals surface area (Å²) in [5.41, 5.74) is 1.90. The summed E-state index contributed by atoms with van der Waals surface area (Å²) in [5, 5.41) is 13.4. The van der Waals surface area contributed by atoms with Crippen molar-refractivity contribution in [1.29, 1.82) is 5.26 Å². The lowest BCUT2D eigenvalue weighted by atomic mass is 10.1. The minimum Gasteiger partial charge on any atom is -0.465 e. The summed E-state index contributed by atoms with van der Waals surface area (Å²) in [6.07, 6.45) is 0. The van der Waals surface area contributed by atoms with Crippen molar-refractivity contribution in [3.63, 3.8) is 0 Å². The van der Waals surface area contributed by atoms with E-state index in [-0.39, 0.29) is 5.56 Å². The van der Waals surface area contributed by atoms with Crippen LogP contribution in [0.25, 0.3) is 5.65 Å². The molecule has 0 spiro atoms. The highest BCUT2D eigenvalue weighted by molar-refractivity contribution is 5.99. The maximum Gasteiger partial charge on any atom is 0.343 e. The van der Waals surface area contributed by atoms with Crippen LogP contribution in [0.2, 0.25) is 0 Å². The number of aromatic nitrogens is 3. The molecule has 2 aromatic rings. The third-order valence-electron chi connectivity index (χ3n) is 2.81. The summed E-state index contributed by atoms with van der Waals surface area (Å²) in [6.45, 7) is 3.61. The van der Waals surface area contributed by atoms with Crippen LogP contribution in [0, 0.1) is 25.2 Å². The molecule has 0 N–H and O–H groups in total. The molecule has 0 saturated heterocycles. The lowest BCUT2D eigenvalue weighted by molar-refractivity contribution is 0.0602. The van der Waals surface area contributed by atoms with E-state index >= 15 is 0 Å². The van der Waals surface area contributed by atoms with Crippen LogP contribution < -0.4 is 0 Å². The van der Waals surface area contributed by atoms with Crippen molar-refractivity contribution in [2.24, 2.45) is 7.05 Å². The summed E-state index contributed by atoms with van der Waals surface area (Å²) in [6, 6.07) is 2.05. The molecule has 6 nitrogen and oxygen atoms in total. The van der Waals surface area contributed by atoms with E-state index in [0.29, 0.717) is 16.9 Å². The maximum atomic E-state index is 11.8. The van der Waals surface area contributed by atoms with Crippen LogP contribution >= 0.6 is 0 Å². The zero-order valence-corrected chi connectivity index (χ0v) is 10.1. The molecule has 2 heterocycles. The van der Waals surface area contributed by atoms with Crippen LogP contribution in [0.3, 0.4) is 0 Å². The predicted molar refractivity (Wildman–Crippen MR) is 59.7 cm³/mol. The number of hydrogen-bond acceptors (Lipinski definition) is 4. The number of esters is 1. The predicted octanol–water partition coefficient (Wildman–Crippen LogP) is 0.948. The van der Waals surface area contributed by atoms with Gasteiger partial charge in [0.25, 0.3) is 0 Å². The lowest BCUT2D eigenvalue weighted by Crippen LogP contribution is -2.05. The van der Waals surface area contributed by atoms with Crippen molar-refractivity contribution in [2.45, 2.75) is 13.8 Å². The molecule has 0 saturated carbocycles. The third kappa shape index (κ3) is 1.32. The normalized spacial score (nSPS) is 10.5. The average molecular weight is 232 g/mol. The number of methoxy groups -OCH3 is 1. The van der Waals surface area contributed by atoms with Gasteiger partial charge in [-0.15, -0.1) is 0 Å². The second kappa shape index (κ2) is 3.63. The van der Waals surface area contributed by atoms with Gasteiger partial charge in [-0.25, -0.2) is 9.48 Å². The molecular weight excluding hydrogens is 220 g/mol. The molecule has 0 aliphatic rings. The minimum absolute atomic E-state index is 0.274. The van der Waals surface area contributed by atoms with Crippen molar-refractivity contribution >= 4 is 11.6 Å². The van der Waals surface area contributed by atoms with Crippen LogP contribution in [0.1, 0.15) is 27.4 Å². The molecule has 0 radical (unpaired) electrons. The van der Waals surface area contributed by atoms with Gasteiger partial charge in [0.05, 0.1) is 12.7 Å². The largest absolute Gasteiger partial charge is 0.465 e. The second-order valence-electron chi connectivity index (χ2n) is 3.77. The van der Waals surface area contributed by atoms with Gasteiger partial charge in [0.2, 0.25) is 0 Å². The number of ether oxygens (including phenoxy) is 1. The molecule has 0 amide bonds. The first-order valence-electron chi connectivity index (χ1n) is 5.06. The second-order valence-corrected chi connectivity index (χ2v) is 3.77.